The minimum atomic E-state index is 0.478. The standard InChI is InChI=1S/C14H10N4/c1-10-14(9-15)18(17-16-10)13-8-4-6-11-5-2-3-7-12(11)13/h2-8H,1H3. The van der Waals surface area contributed by atoms with E-state index in [9.17, 15) is 5.26 Å². The lowest BCUT2D eigenvalue weighted by molar-refractivity contribution is 0.799. The van der Waals surface area contributed by atoms with E-state index in [1.54, 1.807) is 11.6 Å². The quantitative estimate of drug-likeness (QED) is 0.650. The summed E-state index contributed by atoms with van der Waals surface area (Å²) in [4.78, 5) is 0. The molecule has 4 heteroatoms. The molecule has 0 aliphatic heterocycles. The van der Waals surface area contributed by atoms with Gasteiger partial charge in [0.05, 0.1) is 11.4 Å². The third kappa shape index (κ3) is 1.45. The largest absolute Gasteiger partial charge is 0.202 e. The topological polar surface area (TPSA) is 54.5 Å². The van der Waals surface area contributed by atoms with Crippen LogP contribution in [0.25, 0.3) is 16.5 Å². The van der Waals surface area contributed by atoms with Gasteiger partial charge >= 0.3 is 0 Å². The maximum absolute atomic E-state index is 9.17. The number of hydrogen-bond acceptors (Lipinski definition) is 3. The van der Waals surface area contributed by atoms with E-state index < -0.39 is 0 Å². The summed E-state index contributed by atoms with van der Waals surface area (Å²) in [6.45, 7) is 1.78. The fourth-order valence-electron chi connectivity index (χ4n) is 2.05. The Morgan fingerprint density at radius 3 is 2.72 bits per heavy atom. The fraction of sp³-hybridized carbons (Fsp3) is 0.0714. The molecule has 1 aromatic heterocycles. The van der Waals surface area contributed by atoms with Gasteiger partial charge in [0.25, 0.3) is 0 Å². The zero-order valence-corrected chi connectivity index (χ0v) is 9.83. The van der Waals surface area contributed by atoms with Crippen molar-refractivity contribution in [1.82, 2.24) is 15.0 Å². The number of rotatable bonds is 1. The van der Waals surface area contributed by atoms with Gasteiger partial charge in [0, 0.05) is 5.39 Å². The number of aryl methyl sites for hydroxylation is 1. The molecule has 0 fully saturated rings. The van der Waals surface area contributed by atoms with Crippen LogP contribution in [0.3, 0.4) is 0 Å². The number of fused-ring (bicyclic) bond motifs is 1. The summed E-state index contributed by atoms with van der Waals surface area (Å²) in [5.74, 6) is 0. The van der Waals surface area contributed by atoms with Crippen molar-refractivity contribution in [2.75, 3.05) is 0 Å². The molecule has 0 spiro atoms. The lowest BCUT2D eigenvalue weighted by atomic mass is 10.1. The minimum Gasteiger partial charge on any atom is -0.202 e. The summed E-state index contributed by atoms with van der Waals surface area (Å²) in [5, 5.41) is 19.4. The van der Waals surface area contributed by atoms with E-state index in [1.807, 2.05) is 42.5 Å². The van der Waals surface area contributed by atoms with Gasteiger partial charge in [-0.25, -0.2) is 4.68 Å². The van der Waals surface area contributed by atoms with E-state index >= 15 is 0 Å². The molecule has 2 aromatic carbocycles. The Kier molecular flexibility index (Phi) is 2.31. The average Bonchev–Trinajstić information content (AvgIpc) is 2.79. The molecule has 18 heavy (non-hydrogen) atoms. The Morgan fingerprint density at radius 1 is 1.11 bits per heavy atom. The van der Waals surface area contributed by atoms with Crippen LogP contribution in [0.15, 0.2) is 42.5 Å². The number of nitrogens with zero attached hydrogens (tertiary/aromatic N) is 4. The van der Waals surface area contributed by atoms with Crippen molar-refractivity contribution in [2.45, 2.75) is 6.92 Å². The SMILES string of the molecule is Cc1nnn(-c2cccc3ccccc23)c1C#N. The summed E-state index contributed by atoms with van der Waals surface area (Å²) in [5.41, 5.74) is 2.00. The van der Waals surface area contributed by atoms with Crippen LogP contribution < -0.4 is 0 Å². The van der Waals surface area contributed by atoms with Crippen LogP contribution in [-0.2, 0) is 0 Å². The van der Waals surface area contributed by atoms with E-state index in [-0.39, 0.29) is 0 Å². The number of aromatic nitrogens is 3. The van der Waals surface area contributed by atoms with Crippen LogP contribution in [0.4, 0.5) is 0 Å². The number of nitriles is 1. The van der Waals surface area contributed by atoms with Crippen LogP contribution in [0.5, 0.6) is 0 Å². The first-order valence-electron chi connectivity index (χ1n) is 5.62. The molecule has 4 nitrogen and oxygen atoms in total. The molecule has 0 atom stereocenters. The summed E-state index contributed by atoms with van der Waals surface area (Å²) >= 11 is 0. The molecule has 0 saturated carbocycles. The average molecular weight is 234 g/mol. The van der Waals surface area contributed by atoms with Crippen molar-refractivity contribution in [2.24, 2.45) is 0 Å². The Bertz CT molecular complexity index is 760. The molecule has 0 aliphatic rings. The van der Waals surface area contributed by atoms with Crippen LogP contribution in [0.1, 0.15) is 11.4 Å². The van der Waals surface area contributed by atoms with Gasteiger partial charge in [-0.05, 0) is 18.4 Å². The van der Waals surface area contributed by atoms with Crippen LogP contribution in [-0.4, -0.2) is 15.0 Å². The highest BCUT2D eigenvalue weighted by Gasteiger charge is 2.12. The van der Waals surface area contributed by atoms with Crippen molar-refractivity contribution in [3.8, 4) is 11.8 Å². The van der Waals surface area contributed by atoms with Crippen molar-refractivity contribution >= 4 is 10.8 Å². The molecule has 0 aliphatic carbocycles. The Hall–Kier alpha value is -2.67. The van der Waals surface area contributed by atoms with Gasteiger partial charge in [0.2, 0.25) is 0 Å². The highest BCUT2D eigenvalue weighted by atomic mass is 15.4. The Balaban J connectivity index is 2.36. The lowest BCUT2D eigenvalue weighted by Crippen LogP contribution is -2.00. The molecule has 3 rings (SSSR count). The normalized spacial score (nSPS) is 10.4. The zero-order valence-electron chi connectivity index (χ0n) is 9.83. The third-order valence-electron chi connectivity index (χ3n) is 2.94. The molecule has 0 amide bonds. The maximum Gasteiger partial charge on any atom is 0.167 e. The monoisotopic (exact) mass is 234 g/mol. The van der Waals surface area contributed by atoms with E-state index in [0.717, 1.165) is 16.5 Å². The first-order valence-corrected chi connectivity index (χ1v) is 5.62. The van der Waals surface area contributed by atoms with Crippen molar-refractivity contribution in [1.29, 1.82) is 5.26 Å². The maximum atomic E-state index is 9.17. The van der Waals surface area contributed by atoms with E-state index in [4.69, 9.17) is 0 Å². The fourth-order valence-corrected chi connectivity index (χ4v) is 2.05. The summed E-state index contributed by atoms with van der Waals surface area (Å²) < 4.78 is 1.59. The van der Waals surface area contributed by atoms with E-state index in [0.29, 0.717) is 11.4 Å². The van der Waals surface area contributed by atoms with Gasteiger partial charge in [-0.1, -0.05) is 41.6 Å². The smallest absolute Gasteiger partial charge is 0.167 e. The molecule has 0 unspecified atom stereocenters. The van der Waals surface area contributed by atoms with E-state index in [2.05, 4.69) is 16.4 Å². The van der Waals surface area contributed by atoms with Gasteiger partial charge in [0.15, 0.2) is 5.69 Å². The minimum absolute atomic E-state index is 0.478. The first-order chi connectivity index (χ1) is 8.81. The summed E-state index contributed by atoms with van der Waals surface area (Å²) in [6.07, 6.45) is 0. The Labute approximate surface area is 104 Å². The predicted molar refractivity (Wildman–Crippen MR) is 68.3 cm³/mol. The Morgan fingerprint density at radius 2 is 1.89 bits per heavy atom. The second kappa shape index (κ2) is 3.97. The lowest BCUT2D eigenvalue weighted by Gasteiger charge is -2.06. The van der Waals surface area contributed by atoms with Gasteiger partial charge in [-0.15, -0.1) is 5.10 Å². The predicted octanol–water partition coefficient (Wildman–Crippen LogP) is 2.60. The van der Waals surface area contributed by atoms with Crippen molar-refractivity contribution < 1.29 is 0 Å². The molecule has 0 bridgehead atoms. The number of benzene rings is 2. The van der Waals surface area contributed by atoms with Gasteiger partial charge in [-0.2, -0.15) is 5.26 Å². The van der Waals surface area contributed by atoms with Gasteiger partial charge < -0.3 is 0 Å². The molecular formula is C14H10N4. The first kappa shape index (κ1) is 10.5. The van der Waals surface area contributed by atoms with Crippen LogP contribution in [0, 0.1) is 18.3 Å². The van der Waals surface area contributed by atoms with Gasteiger partial charge in [-0.3, -0.25) is 0 Å². The second-order valence-corrected chi connectivity index (χ2v) is 4.05. The molecule has 1 heterocycles. The third-order valence-corrected chi connectivity index (χ3v) is 2.94. The van der Waals surface area contributed by atoms with Crippen molar-refractivity contribution in [3.05, 3.63) is 53.9 Å². The summed E-state index contributed by atoms with van der Waals surface area (Å²) in [7, 11) is 0. The van der Waals surface area contributed by atoms with E-state index in [1.165, 1.54) is 0 Å². The van der Waals surface area contributed by atoms with Gasteiger partial charge in [0.1, 0.15) is 6.07 Å². The second-order valence-electron chi connectivity index (χ2n) is 4.05. The summed E-state index contributed by atoms with van der Waals surface area (Å²) in [6, 6.07) is 16.1. The molecule has 0 N–H and O–H groups in total. The highest BCUT2D eigenvalue weighted by Crippen LogP contribution is 2.22. The van der Waals surface area contributed by atoms with Crippen LogP contribution >= 0.6 is 0 Å². The van der Waals surface area contributed by atoms with Crippen LogP contribution in [0.2, 0.25) is 0 Å². The number of hydrogen-bond donors (Lipinski definition) is 0. The molecule has 0 saturated heterocycles. The zero-order chi connectivity index (χ0) is 12.5. The molecular weight excluding hydrogens is 224 g/mol. The highest BCUT2D eigenvalue weighted by molar-refractivity contribution is 5.90. The van der Waals surface area contributed by atoms with Crippen molar-refractivity contribution in [3.63, 3.8) is 0 Å². The molecule has 3 aromatic rings. The molecule has 86 valence electrons. The molecule has 0 radical (unpaired) electrons.